The molecular formula is C18H25N3O. The lowest BCUT2D eigenvalue weighted by Crippen LogP contribution is -2.45. The standard InChI is InChI=1S/C18H25N3O/c1-3-4-5-18(21-10-8-19-9-11-21)16-13-20-17-7-6-14(22-2)12-15(16)17/h3,6-7,12-13,18-20H,1,4-5,8-11H2,2H3/t18-/m0/s1. The van der Waals surface area contributed by atoms with Gasteiger partial charge in [0.2, 0.25) is 0 Å². The van der Waals surface area contributed by atoms with Crippen molar-refractivity contribution in [2.24, 2.45) is 0 Å². The summed E-state index contributed by atoms with van der Waals surface area (Å²) >= 11 is 0. The number of piperazine rings is 1. The number of H-pyrrole nitrogens is 1. The van der Waals surface area contributed by atoms with Gasteiger partial charge in [-0.15, -0.1) is 6.58 Å². The number of aromatic amines is 1. The Morgan fingerprint density at radius 3 is 2.91 bits per heavy atom. The molecule has 1 atom stereocenters. The van der Waals surface area contributed by atoms with Crippen molar-refractivity contribution in [2.75, 3.05) is 33.3 Å². The van der Waals surface area contributed by atoms with Crippen LogP contribution in [0.3, 0.4) is 0 Å². The molecule has 22 heavy (non-hydrogen) atoms. The summed E-state index contributed by atoms with van der Waals surface area (Å²) in [5, 5.41) is 4.71. The van der Waals surface area contributed by atoms with E-state index in [-0.39, 0.29) is 0 Å². The molecule has 2 heterocycles. The zero-order valence-corrected chi connectivity index (χ0v) is 13.3. The van der Waals surface area contributed by atoms with Gasteiger partial charge in [0.15, 0.2) is 0 Å². The van der Waals surface area contributed by atoms with Crippen LogP contribution in [0.4, 0.5) is 0 Å². The summed E-state index contributed by atoms with van der Waals surface area (Å²) in [5.41, 5.74) is 2.55. The lowest BCUT2D eigenvalue weighted by atomic mass is 9.98. The Hall–Kier alpha value is -1.78. The topological polar surface area (TPSA) is 40.3 Å². The quantitative estimate of drug-likeness (QED) is 0.805. The van der Waals surface area contributed by atoms with Crippen molar-refractivity contribution >= 4 is 10.9 Å². The number of nitrogens with zero attached hydrogens (tertiary/aromatic N) is 1. The average Bonchev–Trinajstić information content (AvgIpc) is 2.99. The summed E-state index contributed by atoms with van der Waals surface area (Å²) < 4.78 is 5.40. The third-order valence-corrected chi connectivity index (χ3v) is 4.52. The number of methoxy groups -OCH3 is 1. The minimum absolute atomic E-state index is 0.431. The van der Waals surface area contributed by atoms with Crippen LogP contribution in [0.15, 0.2) is 37.1 Å². The number of fused-ring (bicyclic) bond motifs is 1. The fourth-order valence-corrected chi connectivity index (χ4v) is 3.33. The maximum Gasteiger partial charge on any atom is 0.119 e. The van der Waals surface area contributed by atoms with Crippen molar-refractivity contribution in [1.82, 2.24) is 15.2 Å². The van der Waals surface area contributed by atoms with Crippen LogP contribution in [-0.4, -0.2) is 43.2 Å². The van der Waals surface area contributed by atoms with E-state index >= 15 is 0 Å². The number of hydrogen-bond donors (Lipinski definition) is 2. The Morgan fingerprint density at radius 1 is 1.36 bits per heavy atom. The van der Waals surface area contributed by atoms with Crippen LogP contribution in [0.2, 0.25) is 0 Å². The summed E-state index contributed by atoms with van der Waals surface area (Å²) in [6.45, 7) is 8.21. The fourth-order valence-electron chi connectivity index (χ4n) is 3.33. The number of rotatable bonds is 6. The van der Waals surface area contributed by atoms with Crippen molar-refractivity contribution in [3.63, 3.8) is 0 Å². The van der Waals surface area contributed by atoms with Gasteiger partial charge in [0, 0.05) is 49.3 Å². The van der Waals surface area contributed by atoms with Gasteiger partial charge in [0.05, 0.1) is 7.11 Å². The van der Waals surface area contributed by atoms with Crippen LogP contribution >= 0.6 is 0 Å². The molecule has 4 nitrogen and oxygen atoms in total. The van der Waals surface area contributed by atoms with Crippen LogP contribution < -0.4 is 10.1 Å². The van der Waals surface area contributed by atoms with Gasteiger partial charge in [-0.3, -0.25) is 4.90 Å². The zero-order chi connectivity index (χ0) is 15.4. The fraction of sp³-hybridized carbons (Fsp3) is 0.444. The lowest BCUT2D eigenvalue weighted by molar-refractivity contribution is 0.167. The summed E-state index contributed by atoms with van der Waals surface area (Å²) in [6, 6.07) is 6.68. The molecule has 4 heteroatoms. The minimum atomic E-state index is 0.431. The van der Waals surface area contributed by atoms with E-state index in [4.69, 9.17) is 4.74 Å². The van der Waals surface area contributed by atoms with E-state index in [1.54, 1.807) is 7.11 Å². The van der Waals surface area contributed by atoms with Crippen molar-refractivity contribution in [2.45, 2.75) is 18.9 Å². The second-order valence-electron chi connectivity index (χ2n) is 5.82. The van der Waals surface area contributed by atoms with Gasteiger partial charge in [-0.25, -0.2) is 0 Å². The smallest absolute Gasteiger partial charge is 0.119 e. The highest BCUT2D eigenvalue weighted by Crippen LogP contribution is 2.33. The van der Waals surface area contributed by atoms with Gasteiger partial charge >= 0.3 is 0 Å². The van der Waals surface area contributed by atoms with E-state index in [2.05, 4.69) is 40.1 Å². The van der Waals surface area contributed by atoms with E-state index in [1.807, 2.05) is 12.1 Å². The first kappa shape index (κ1) is 15.1. The summed E-state index contributed by atoms with van der Waals surface area (Å²) in [4.78, 5) is 6.00. The van der Waals surface area contributed by atoms with Crippen LogP contribution in [0.5, 0.6) is 5.75 Å². The molecule has 0 spiro atoms. The number of benzene rings is 1. The molecule has 2 N–H and O–H groups in total. The number of allylic oxidation sites excluding steroid dienone is 1. The Kier molecular flexibility index (Phi) is 4.80. The highest BCUT2D eigenvalue weighted by molar-refractivity contribution is 5.85. The molecule has 1 fully saturated rings. The first-order valence-electron chi connectivity index (χ1n) is 8.04. The van der Waals surface area contributed by atoms with E-state index in [9.17, 15) is 0 Å². The molecule has 0 aliphatic carbocycles. The van der Waals surface area contributed by atoms with E-state index < -0.39 is 0 Å². The van der Waals surface area contributed by atoms with Crippen molar-refractivity contribution in [3.05, 3.63) is 42.6 Å². The van der Waals surface area contributed by atoms with Crippen molar-refractivity contribution in [3.8, 4) is 5.75 Å². The summed E-state index contributed by atoms with van der Waals surface area (Å²) in [7, 11) is 1.72. The van der Waals surface area contributed by atoms with Crippen molar-refractivity contribution < 1.29 is 4.74 Å². The number of hydrogen-bond acceptors (Lipinski definition) is 3. The second-order valence-corrected chi connectivity index (χ2v) is 5.82. The van der Waals surface area contributed by atoms with Crippen LogP contribution in [0.1, 0.15) is 24.4 Å². The van der Waals surface area contributed by atoms with Gasteiger partial charge in [0.25, 0.3) is 0 Å². The molecule has 2 aromatic rings. The second kappa shape index (κ2) is 6.99. The SMILES string of the molecule is C=CCC[C@@H](c1c[nH]c2ccc(OC)cc12)N1CCNCC1. The Balaban J connectivity index is 1.96. The molecule has 3 rings (SSSR count). The van der Waals surface area contributed by atoms with E-state index in [1.165, 1.54) is 16.5 Å². The molecule has 0 unspecified atom stereocenters. The van der Waals surface area contributed by atoms with Crippen LogP contribution in [0.25, 0.3) is 10.9 Å². The zero-order valence-electron chi connectivity index (χ0n) is 13.3. The van der Waals surface area contributed by atoms with Gasteiger partial charge in [-0.1, -0.05) is 6.08 Å². The monoisotopic (exact) mass is 299 g/mol. The van der Waals surface area contributed by atoms with Crippen LogP contribution in [0, 0.1) is 0 Å². The summed E-state index contributed by atoms with van der Waals surface area (Å²) in [6.07, 6.45) is 6.32. The van der Waals surface area contributed by atoms with Gasteiger partial charge in [0.1, 0.15) is 5.75 Å². The number of nitrogens with one attached hydrogen (secondary N) is 2. The largest absolute Gasteiger partial charge is 0.497 e. The molecule has 0 saturated carbocycles. The summed E-state index contributed by atoms with van der Waals surface area (Å²) in [5.74, 6) is 0.913. The van der Waals surface area contributed by atoms with E-state index in [0.29, 0.717) is 6.04 Å². The molecule has 118 valence electrons. The van der Waals surface area contributed by atoms with Crippen molar-refractivity contribution in [1.29, 1.82) is 0 Å². The highest BCUT2D eigenvalue weighted by Gasteiger charge is 2.24. The number of aromatic nitrogens is 1. The predicted octanol–water partition coefficient (Wildman–Crippen LogP) is 3.09. The van der Waals surface area contributed by atoms with E-state index in [0.717, 1.165) is 44.8 Å². The maximum absolute atomic E-state index is 5.40. The molecule has 1 aromatic heterocycles. The third kappa shape index (κ3) is 3.03. The molecule has 1 saturated heterocycles. The molecular weight excluding hydrogens is 274 g/mol. The first-order chi connectivity index (χ1) is 10.8. The first-order valence-corrected chi connectivity index (χ1v) is 8.04. The molecule has 0 radical (unpaired) electrons. The predicted molar refractivity (Wildman–Crippen MR) is 91.5 cm³/mol. The molecule has 1 aromatic carbocycles. The van der Waals surface area contributed by atoms with Crippen LogP contribution in [-0.2, 0) is 0 Å². The lowest BCUT2D eigenvalue weighted by Gasteiger charge is -2.35. The molecule has 1 aliphatic rings. The van der Waals surface area contributed by atoms with Gasteiger partial charge < -0.3 is 15.0 Å². The Labute approximate surface area is 132 Å². The Bertz CT molecular complexity index is 628. The average molecular weight is 299 g/mol. The number of ether oxygens (including phenoxy) is 1. The normalized spacial score (nSPS) is 17.5. The van der Waals surface area contributed by atoms with Gasteiger partial charge in [-0.05, 0) is 36.6 Å². The third-order valence-electron chi connectivity index (χ3n) is 4.52. The Morgan fingerprint density at radius 2 is 2.18 bits per heavy atom. The minimum Gasteiger partial charge on any atom is -0.497 e. The van der Waals surface area contributed by atoms with Gasteiger partial charge in [-0.2, -0.15) is 0 Å². The molecule has 1 aliphatic heterocycles. The maximum atomic E-state index is 5.40. The molecule has 0 amide bonds. The highest BCUT2D eigenvalue weighted by atomic mass is 16.5. The molecule has 0 bridgehead atoms.